The second kappa shape index (κ2) is 7.07. The Bertz CT molecular complexity index is 800. The lowest BCUT2D eigenvalue weighted by Crippen LogP contribution is -2.13. The Balaban J connectivity index is 1.78. The number of carbonyl (C=O) groups is 1. The number of amides is 1. The van der Waals surface area contributed by atoms with Gasteiger partial charge < -0.3 is 4.74 Å². The SMILES string of the molecule is CCOc1ccccc1C(=O)Nc1ncc(-c2ccccc2)s1. The number of hydrogen-bond donors (Lipinski definition) is 1. The number of rotatable bonds is 5. The minimum atomic E-state index is -0.219. The maximum Gasteiger partial charge on any atom is 0.261 e. The second-order valence-electron chi connectivity index (χ2n) is 4.78. The number of hydrogen-bond acceptors (Lipinski definition) is 4. The molecule has 0 radical (unpaired) electrons. The number of para-hydroxylation sites is 1. The highest BCUT2D eigenvalue weighted by Crippen LogP contribution is 2.29. The van der Waals surface area contributed by atoms with Crippen LogP contribution < -0.4 is 10.1 Å². The van der Waals surface area contributed by atoms with Gasteiger partial charge in [0.25, 0.3) is 5.91 Å². The maximum absolute atomic E-state index is 12.4. The van der Waals surface area contributed by atoms with Gasteiger partial charge in [0.2, 0.25) is 0 Å². The molecule has 0 saturated heterocycles. The van der Waals surface area contributed by atoms with Gasteiger partial charge in [-0.25, -0.2) is 4.98 Å². The first kappa shape index (κ1) is 15.2. The molecule has 0 fully saturated rings. The summed E-state index contributed by atoms with van der Waals surface area (Å²) in [5.74, 6) is 0.357. The highest BCUT2D eigenvalue weighted by atomic mass is 32.1. The average molecular weight is 324 g/mol. The summed E-state index contributed by atoms with van der Waals surface area (Å²) in [6, 6.07) is 17.2. The van der Waals surface area contributed by atoms with Crippen LogP contribution in [0.2, 0.25) is 0 Å². The maximum atomic E-state index is 12.4. The molecule has 4 nitrogen and oxygen atoms in total. The minimum Gasteiger partial charge on any atom is -0.493 e. The van der Waals surface area contributed by atoms with Crippen LogP contribution >= 0.6 is 11.3 Å². The lowest BCUT2D eigenvalue weighted by molar-refractivity contribution is 0.102. The van der Waals surface area contributed by atoms with Crippen molar-refractivity contribution in [1.82, 2.24) is 4.98 Å². The average Bonchev–Trinajstić information content (AvgIpc) is 3.05. The van der Waals surface area contributed by atoms with Crippen LogP contribution in [-0.4, -0.2) is 17.5 Å². The lowest BCUT2D eigenvalue weighted by atomic mass is 10.2. The molecule has 0 atom stereocenters. The number of anilines is 1. The van der Waals surface area contributed by atoms with E-state index in [4.69, 9.17) is 4.74 Å². The quantitative estimate of drug-likeness (QED) is 0.754. The van der Waals surface area contributed by atoms with Crippen LogP contribution in [-0.2, 0) is 0 Å². The van der Waals surface area contributed by atoms with Gasteiger partial charge in [-0.3, -0.25) is 10.1 Å². The summed E-state index contributed by atoms with van der Waals surface area (Å²) in [7, 11) is 0. The summed E-state index contributed by atoms with van der Waals surface area (Å²) in [6.45, 7) is 2.40. The third-order valence-corrected chi connectivity index (χ3v) is 4.18. The molecule has 1 aromatic heterocycles. The third-order valence-electron chi connectivity index (χ3n) is 3.22. The first-order valence-corrected chi connectivity index (χ1v) is 8.14. The largest absolute Gasteiger partial charge is 0.493 e. The Kier molecular flexibility index (Phi) is 4.68. The smallest absolute Gasteiger partial charge is 0.261 e. The van der Waals surface area contributed by atoms with Crippen LogP contribution in [0, 0.1) is 0 Å². The molecule has 3 aromatic rings. The summed E-state index contributed by atoms with van der Waals surface area (Å²) >= 11 is 1.44. The molecule has 0 saturated carbocycles. The zero-order chi connectivity index (χ0) is 16.1. The number of aromatic nitrogens is 1. The lowest BCUT2D eigenvalue weighted by Gasteiger charge is -2.08. The van der Waals surface area contributed by atoms with Crippen LogP contribution in [0.25, 0.3) is 10.4 Å². The summed E-state index contributed by atoms with van der Waals surface area (Å²) < 4.78 is 5.49. The topological polar surface area (TPSA) is 51.2 Å². The number of nitrogens with zero attached hydrogens (tertiary/aromatic N) is 1. The monoisotopic (exact) mass is 324 g/mol. The number of nitrogens with one attached hydrogen (secondary N) is 1. The zero-order valence-electron chi connectivity index (χ0n) is 12.7. The van der Waals surface area contributed by atoms with E-state index in [1.807, 2.05) is 49.4 Å². The molecule has 116 valence electrons. The van der Waals surface area contributed by atoms with E-state index in [9.17, 15) is 4.79 Å². The first-order chi connectivity index (χ1) is 11.3. The normalized spacial score (nSPS) is 10.3. The molecule has 0 aliphatic heterocycles. The molecular formula is C18H16N2O2S. The van der Waals surface area contributed by atoms with Crippen molar-refractivity contribution in [1.29, 1.82) is 0 Å². The van der Waals surface area contributed by atoms with Gasteiger partial charge in [-0.1, -0.05) is 53.8 Å². The number of carbonyl (C=O) groups excluding carboxylic acids is 1. The third kappa shape index (κ3) is 3.57. The summed E-state index contributed by atoms with van der Waals surface area (Å²) in [5.41, 5.74) is 1.59. The van der Waals surface area contributed by atoms with E-state index >= 15 is 0 Å². The van der Waals surface area contributed by atoms with Crippen molar-refractivity contribution >= 4 is 22.4 Å². The van der Waals surface area contributed by atoms with Crippen molar-refractivity contribution in [3.8, 4) is 16.2 Å². The van der Waals surface area contributed by atoms with Crippen molar-refractivity contribution in [3.05, 3.63) is 66.4 Å². The van der Waals surface area contributed by atoms with Crippen LogP contribution in [0.4, 0.5) is 5.13 Å². The van der Waals surface area contributed by atoms with Gasteiger partial charge in [0.05, 0.1) is 17.0 Å². The van der Waals surface area contributed by atoms with Gasteiger partial charge in [-0.15, -0.1) is 0 Å². The van der Waals surface area contributed by atoms with Crippen LogP contribution in [0.1, 0.15) is 17.3 Å². The number of ether oxygens (including phenoxy) is 1. The van der Waals surface area contributed by atoms with Gasteiger partial charge in [0, 0.05) is 6.20 Å². The predicted molar refractivity (Wildman–Crippen MR) is 93.1 cm³/mol. The first-order valence-electron chi connectivity index (χ1n) is 7.32. The summed E-state index contributed by atoms with van der Waals surface area (Å²) in [4.78, 5) is 17.7. The highest BCUT2D eigenvalue weighted by Gasteiger charge is 2.14. The van der Waals surface area contributed by atoms with E-state index in [1.165, 1.54) is 11.3 Å². The molecule has 0 spiro atoms. The van der Waals surface area contributed by atoms with Crippen LogP contribution in [0.15, 0.2) is 60.8 Å². The zero-order valence-corrected chi connectivity index (χ0v) is 13.5. The van der Waals surface area contributed by atoms with E-state index in [-0.39, 0.29) is 5.91 Å². The van der Waals surface area contributed by atoms with Gasteiger partial charge in [0.15, 0.2) is 5.13 Å². The molecule has 1 amide bonds. The van der Waals surface area contributed by atoms with Gasteiger partial charge in [0.1, 0.15) is 5.75 Å². The Hall–Kier alpha value is -2.66. The highest BCUT2D eigenvalue weighted by molar-refractivity contribution is 7.19. The fourth-order valence-electron chi connectivity index (χ4n) is 2.17. The Morgan fingerprint density at radius 3 is 2.65 bits per heavy atom. The standard InChI is InChI=1S/C18H16N2O2S/c1-2-22-15-11-7-6-10-14(15)17(21)20-18-19-12-16(23-18)13-8-4-3-5-9-13/h3-12H,2H2,1H3,(H,19,20,21). The number of thiazole rings is 1. The molecule has 5 heteroatoms. The van der Waals surface area contributed by atoms with Crippen LogP contribution in [0.5, 0.6) is 5.75 Å². The predicted octanol–water partition coefficient (Wildman–Crippen LogP) is 4.46. The van der Waals surface area contributed by atoms with Crippen LogP contribution in [0.3, 0.4) is 0 Å². The minimum absolute atomic E-state index is 0.219. The summed E-state index contributed by atoms with van der Waals surface area (Å²) in [5, 5.41) is 3.41. The summed E-state index contributed by atoms with van der Waals surface area (Å²) in [6.07, 6.45) is 1.77. The van der Waals surface area contributed by atoms with Gasteiger partial charge in [-0.05, 0) is 24.6 Å². The molecule has 1 heterocycles. The molecule has 0 aliphatic carbocycles. The van der Waals surface area contributed by atoms with E-state index in [2.05, 4.69) is 10.3 Å². The fraction of sp³-hybridized carbons (Fsp3) is 0.111. The van der Waals surface area contributed by atoms with E-state index in [1.54, 1.807) is 18.3 Å². The van der Waals surface area contributed by atoms with Crippen molar-refractivity contribution in [3.63, 3.8) is 0 Å². The Labute approximate surface area is 138 Å². The fourth-order valence-corrected chi connectivity index (χ4v) is 2.98. The Morgan fingerprint density at radius 1 is 1.13 bits per heavy atom. The second-order valence-corrected chi connectivity index (χ2v) is 5.81. The Morgan fingerprint density at radius 2 is 1.87 bits per heavy atom. The molecule has 0 bridgehead atoms. The van der Waals surface area contributed by atoms with E-state index in [0.29, 0.717) is 23.1 Å². The van der Waals surface area contributed by atoms with E-state index < -0.39 is 0 Å². The molecule has 3 rings (SSSR count). The molecule has 0 unspecified atom stereocenters. The molecule has 23 heavy (non-hydrogen) atoms. The van der Waals surface area contributed by atoms with Crippen molar-refractivity contribution in [2.24, 2.45) is 0 Å². The number of benzene rings is 2. The molecular weight excluding hydrogens is 308 g/mol. The van der Waals surface area contributed by atoms with Gasteiger partial charge in [-0.2, -0.15) is 0 Å². The van der Waals surface area contributed by atoms with E-state index in [0.717, 1.165) is 10.4 Å². The molecule has 2 aromatic carbocycles. The molecule has 0 aliphatic rings. The van der Waals surface area contributed by atoms with Crippen molar-refractivity contribution in [2.75, 3.05) is 11.9 Å². The van der Waals surface area contributed by atoms with Crippen molar-refractivity contribution < 1.29 is 9.53 Å². The van der Waals surface area contributed by atoms with Gasteiger partial charge >= 0.3 is 0 Å². The van der Waals surface area contributed by atoms with Crippen molar-refractivity contribution in [2.45, 2.75) is 6.92 Å². The molecule has 1 N–H and O–H groups in total.